The summed E-state index contributed by atoms with van der Waals surface area (Å²) in [6.45, 7) is 4.46. The Hall–Kier alpha value is -1.37. The van der Waals surface area contributed by atoms with Crippen molar-refractivity contribution in [2.45, 2.75) is 19.2 Å². The first-order chi connectivity index (χ1) is 10.9. The minimum absolute atomic E-state index is 0. The molecular formula is C13H20F3IN6O. The maximum Gasteiger partial charge on any atom is 0.433 e. The number of hydrogen-bond acceptors (Lipinski definition) is 5. The average molecular weight is 460 g/mol. The first-order valence-electron chi connectivity index (χ1n) is 7.17. The third kappa shape index (κ3) is 6.26. The summed E-state index contributed by atoms with van der Waals surface area (Å²) in [5, 5.41) is 2.70. The molecule has 0 spiro atoms. The molecule has 1 fully saturated rings. The van der Waals surface area contributed by atoms with Gasteiger partial charge in [-0.1, -0.05) is 0 Å². The standard InChI is InChI=1S/C13H19F3N6O.HI/c1-9-8-22(6-7-23-9)11(17)18-4-5-20-12-19-3-2-10(21-12)13(14,15)16;/h2-3,9H,4-8H2,1H3,(H2,17,18)(H,19,20,21);1H. The summed E-state index contributed by atoms with van der Waals surface area (Å²) in [5.41, 5.74) is 4.90. The maximum atomic E-state index is 12.5. The second kappa shape index (κ2) is 9.20. The summed E-state index contributed by atoms with van der Waals surface area (Å²) in [6.07, 6.45) is -3.34. The maximum absolute atomic E-state index is 12.5. The molecule has 1 atom stereocenters. The van der Waals surface area contributed by atoms with Gasteiger partial charge in [0.1, 0.15) is 5.69 Å². The van der Waals surface area contributed by atoms with Gasteiger partial charge in [-0.2, -0.15) is 13.2 Å². The van der Waals surface area contributed by atoms with Crippen LogP contribution in [0.25, 0.3) is 0 Å². The molecule has 1 aromatic heterocycles. The molecule has 3 N–H and O–H groups in total. The number of aliphatic imine (C=N–C) groups is 1. The number of nitrogens with one attached hydrogen (secondary N) is 1. The lowest BCUT2D eigenvalue weighted by molar-refractivity contribution is -0.141. The third-order valence-corrected chi connectivity index (χ3v) is 3.18. The molecule has 1 aromatic rings. The fourth-order valence-corrected chi connectivity index (χ4v) is 2.07. The number of guanidine groups is 1. The first kappa shape index (κ1) is 20.7. The van der Waals surface area contributed by atoms with Crippen LogP contribution in [0.5, 0.6) is 0 Å². The molecule has 2 rings (SSSR count). The van der Waals surface area contributed by atoms with E-state index in [0.717, 1.165) is 12.3 Å². The first-order valence-corrected chi connectivity index (χ1v) is 7.17. The van der Waals surface area contributed by atoms with E-state index in [1.807, 2.05) is 11.8 Å². The van der Waals surface area contributed by atoms with Gasteiger partial charge in [-0.3, -0.25) is 4.99 Å². The Bertz CT molecular complexity index is 557. The van der Waals surface area contributed by atoms with Gasteiger partial charge in [-0.15, -0.1) is 24.0 Å². The van der Waals surface area contributed by atoms with Gasteiger partial charge in [0.2, 0.25) is 5.95 Å². The molecule has 2 heterocycles. The summed E-state index contributed by atoms with van der Waals surface area (Å²) in [4.78, 5) is 13.3. The van der Waals surface area contributed by atoms with Crippen molar-refractivity contribution in [2.75, 3.05) is 38.1 Å². The van der Waals surface area contributed by atoms with E-state index in [-0.39, 0.29) is 42.6 Å². The Morgan fingerprint density at radius 2 is 2.29 bits per heavy atom. The number of morpholine rings is 1. The van der Waals surface area contributed by atoms with Gasteiger partial charge in [0, 0.05) is 25.8 Å². The van der Waals surface area contributed by atoms with E-state index in [2.05, 4.69) is 20.3 Å². The summed E-state index contributed by atoms with van der Waals surface area (Å²) in [7, 11) is 0. The summed E-state index contributed by atoms with van der Waals surface area (Å²) >= 11 is 0. The molecule has 0 saturated carbocycles. The lowest BCUT2D eigenvalue weighted by atomic mass is 10.3. The zero-order chi connectivity index (χ0) is 16.9. The Labute approximate surface area is 154 Å². The SMILES string of the molecule is CC1CN(C(N)=NCCNc2nccc(C(F)(F)F)n2)CCO1.I. The molecule has 24 heavy (non-hydrogen) atoms. The van der Waals surface area contributed by atoms with Crippen molar-refractivity contribution in [2.24, 2.45) is 10.7 Å². The normalized spacial score (nSPS) is 18.9. The monoisotopic (exact) mass is 460 g/mol. The van der Waals surface area contributed by atoms with Gasteiger partial charge in [-0.05, 0) is 13.0 Å². The smallest absolute Gasteiger partial charge is 0.375 e. The minimum Gasteiger partial charge on any atom is -0.375 e. The molecule has 0 radical (unpaired) electrons. The van der Waals surface area contributed by atoms with E-state index in [1.54, 1.807) is 0 Å². The second-order valence-corrected chi connectivity index (χ2v) is 5.06. The van der Waals surface area contributed by atoms with Crippen LogP contribution in [0.3, 0.4) is 0 Å². The van der Waals surface area contributed by atoms with Gasteiger partial charge in [-0.25, -0.2) is 9.97 Å². The molecule has 0 aliphatic carbocycles. The van der Waals surface area contributed by atoms with Crippen LogP contribution in [0.2, 0.25) is 0 Å². The molecule has 1 unspecified atom stereocenters. The highest BCUT2D eigenvalue weighted by Gasteiger charge is 2.32. The molecule has 0 bridgehead atoms. The lowest BCUT2D eigenvalue weighted by Gasteiger charge is -2.31. The zero-order valence-electron chi connectivity index (χ0n) is 13.1. The Morgan fingerprint density at radius 3 is 2.96 bits per heavy atom. The van der Waals surface area contributed by atoms with Crippen LogP contribution in [0, 0.1) is 0 Å². The number of aromatic nitrogens is 2. The third-order valence-electron chi connectivity index (χ3n) is 3.18. The summed E-state index contributed by atoms with van der Waals surface area (Å²) in [6, 6.07) is 0.820. The fraction of sp³-hybridized carbons (Fsp3) is 0.615. The van der Waals surface area contributed by atoms with Crippen molar-refractivity contribution in [3.63, 3.8) is 0 Å². The number of nitrogens with two attached hydrogens (primary N) is 1. The molecule has 1 aliphatic heterocycles. The predicted octanol–water partition coefficient (Wildman–Crippen LogP) is 1.56. The van der Waals surface area contributed by atoms with E-state index < -0.39 is 11.9 Å². The Morgan fingerprint density at radius 1 is 1.54 bits per heavy atom. The zero-order valence-corrected chi connectivity index (χ0v) is 15.4. The van der Waals surface area contributed by atoms with E-state index in [4.69, 9.17) is 10.5 Å². The van der Waals surface area contributed by atoms with Crippen molar-refractivity contribution in [1.82, 2.24) is 14.9 Å². The quantitative estimate of drug-likeness (QED) is 0.307. The molecule has 11 heteroatoms. The van der Waals surface area contributed by atoms with Gasteiger partial charge >= 0.3 is 6.18 Å². The summed E-state index contributed by atoms with van der Waals surface area (Å²) in [5.74, 6) is 0.306. The topological polar surface area (TPSA) is 88.7 Å². The molecule has 0 amide bonds. The number of rotatable bonds is 4. The van der Waals surface area contributed by atoms with Crippen molar-refractivity contribution in [1.29, 1.82) is 0 Å². The molecular weight excluding hydrogens is 440 g/mol. The number of anilines is 1. The number of ether oxygens (including phenoxy) is 1. The molecule has 7 nitrogen and oxygen atoms in total. The minimum atomic E-state index is -4.49. The van der Waals surface area contributed by atoms with Crippen LogP contribution in [-0.4, -0.2) is 59.7 Å². The number of alkyl halides is 3. The van der Waals surface area contributed by atoms with Crippen LogP contribution in [0.1, 0.15) is 12.6 Å². The average Bonchev–Trinajstić information content (AvgIpc) is 2.51. The predicted molar refractivity (Wildman–Crippen MR) is 94.4 cm³/mol. The highest BCUT2D eigenvalue weighted by Crippen LogP contribution is 2.27. The molecule has 0 aromatic carbocycles. The highest BCUT2D eigenvalue weighted by molar-refractivity contribution is 14.0. The largest absolute Gasteiger partial charge is 0.433 e. The van der Waals surface area contributed by atoms with Gasteiger partial charge in [0.15, 0.2) is 5.96 Å². The number of nitrogens with zero attached hydrogens (tertiary/aromatic N) is 4. The van der Waals surface area contributed by atoms with Crippen molar-refractivity contribution >= 4 is 35.9 Å². The van der Waals surface area contributed by atoms with Crippen molar-refractivity contribution < 1.29 is 17.9 Å². The number of hydrogen-bond donors (Lipinski definition) is 2. The van der Waals surface area contributed by atoms with Crippen LogP contribution in [-0.2, 0) is 10.9 Å². The van der Waals surface area contributed by atoms with Crippen molar-refractivity contribution in [3.05, 3.63) is 18.0 Å². The fourth-order valence-electron chi connectivity index (χ4n) is 2.07. The van der Waals surface area contributed by atoms with Crippen LogP contribution >= 0.6 is 24.0 Å². The van der Waals surface area contributed by atoms with Crippen molar-refractivity contribution in [3.8, 4) is 0 Å². The van der Waals surface area contributed by atoms with E-state index in [9.17, 15) is 13.2 Å². The lowest BCUT2D eigenvalue weighted by Crippen LogP contribution is -2.48. The van der Waals surface area contributed by atoms with Crippen LogP contribution in [0.4, 0.5) is 19.1 Å². The van der Waals surface area contributed by atoms with Gasteiger partial charge < -0.3 is 20.7 Å². The molecule has 136 valence electrons. The molecule has 1 aliphatic rings. The van der Waals surface area contributed by atoms with E-state index in [1.165, 1.54) is 0 Å². The Balaban J connectivity index is 0.00000288. The van der Waals surface area contributed by atoms with E-state index >= 15 is 0 Å². The Kier molecular flexibility index (Phi) is 7.93. The van der Waals surface area contributed by atoms with Crippen LogP contribution in [0.15, 0.2) is 17.3 Å². The van der Waals surface area contributed by atoms with E-state index in [0.29, 0.717) is 32.2 Å². The van der Waals surface area contributed by atoms with Crippen LogP contribution < -0.4 is 11.1 Å². The number of halogens is 4. The van der Waals surface area contributed by atoms with Gasteiger partial charge in [0.25, 0.3) is 0 Å². The summed E-state index contributed by atoms with van der Waals surface area (Å²) < 4.78 is 43.0. The highest BCUT2D eigenvalue weighted by atomic mass is 127. The second-order valence-electron chi connectivity index (χ2n) is 5.06. The van der Waals surface area contributed by atoms with Gasteiger partial charge in [0.05, 0.1) is 19.3 Å². The molecule has 1 saturated heterocycles.